The quantitative estimate of drug-likeness (QED) is 0.0276. The molecule has 5 aliphatic heterocycles. The summed E-state index contributed by atoms with van der Waals surface area (Å²) >= 11 is 0. The molecule has 10 rings (SSSR count). The first kappa shape index (κ1) is 78.7. The highest BCUT2D eigenvalue weighted by molar-refractivity contribution is 5.89. The molecule has 0 radical (unpaired) electrons. The maximum Gasteiger partial charge on any atom is 0.336 e. The number of hydrogen-bond donors (Lipinski definition) is 17. The van der Waals surface area contributed by atoms with Gasteiger partial charge in [0.1, 0.15) is 115 Å². The monoisotopic (exact) mass is 1420 g/mol. The number of aliphatic hydroxyl groups is 16. The maximum atomic E-state index is 14.1. The first-order valence-electron chi connectivity index (χ1n) is 34.9. The van der Waals surface area contributed by atoms with Crippen molar-refractivity contribution in [2.45, 2.75) is 305 Å². The van der Waals surface area contributed by atoms with E-state index in [1.807, 2.05) is 13.8 Å². The first-order chi connectivity index (χ1) is 46.2. The van der Waals surface area contributed by atoms with E-state index in [9.17, 15) is 96.4 Å². The molecule has 0 bridgehead atoms. The number of hydrogen-bond acceptors (Lipinski definition) is 29. The molecule has 1 unspecified atom stereocenters. The van der Waals surface area contributed by atoms with Gasteiger partial charge in [-0.15, -0.1) is 6.58 Å². The third-order valence-corrected chi connectivity index (χ3v) is 25.6. The van der Waals surface area contributed by atoms with E-state index in [-0.39, 0.29) is 49.5 Å². The van der Waals surface area contributed by atoms with Gasteiger partial charge in [0.25, 0.3) is 0 Å². The van der Waals surface area contributed by atoms with Gasteiger partial charge >= 0.3 is 11.9 Å². The number of carboxylic acid groups (broad SMARTS) is 1. The molecule has 35 atom stereocenters. The van der Waals surface area contributed by atoms with Crippen molar-refractivity contribution in [3.8, 4) is 0 Å². The summed E-state index contributed by atoms with van der Waals surface area (Å²) < 4.78 is 66.6. The van der Waals surface area contributed by atoms with E-state index in [0.29, 0.717) is 32.1 Å². The Morgan fingerprint density at radius 3 is 1.87 bits per heavy atom. The van der Waals surface area contributed by atoms with Gasteiger partial charge in [0.15, 0.2) is 31.5 Å². The Kier molecular flexibility index (Phi) is 23.4. The van der Waals surface area contributed by atoms with Crippen molar-refractivity contribution in [1.29, 1.82) is 0 Å². The second kappa shape index (κ2) is 29.5. The Morgan fingerprint density at radius 1 is 0.636 bits per heavy atom. The van der Waals surface area contributed by atoms with Crippen LogP contribution in [0.15, 0.2) is 36.0 Å². The Balaban J connectivity index is 0.864. The molecule has 5 saturated heterocycles. The minimum absolute atomic E-state index is 0.0292. The molecule has 0 spiro atoms. The molecule has 10 aliphatic rings. The second-order valence-corrected chi connectivity index (χ2v) is 32.1. The fraction of sp³-hybridized carbons (Fsp3) is 0.884. The number of aliphatic carboxylic acids is 1. The molecular weight excluding hydrogens is 1310 g/mol. The summed E-state index contributed by atoms with van der Waals surface area (Å²) in [5.41, 5.74) is -5.36. The molecule has 0 amide bonds. The average Bonchev–Trinajstić information content (AvgIpc) is 0.670. The minimum atomic E-state index is -1.95. The molecule has 4 saturated carbocycles. The normalized spacial score (nSPS) is 50.4. The summed E-state index contributed by atoms with van der Waals surface area (Å²) in [5, 5.41) is 186. The smallest absolute Gasteiger partial charge is 0.336 e. The Labute approximate surface area is 576 Å². The number of esters is 1. The van der Waals surface area contributed by atoms with E-state index in [4.69, 9.17) is 52.1 Å². The lowest BCUT2D eigenvalue weighted by Crippen LogP contribution is -2.69. The van der Waals surface area contributed by atoms with Gasteiger partial charge < -0.3 is 139 Å². The van der Waals surface area contributed by atoms with Crippen LogP contribution in [0, 0.1) is 50.2 Å². The summed E-state index contributed by atoms with van der Waals surface area (Å²) in [7, 11) is 0. The second-order valence-electron chi connectivity index (χ2n) is 32.1. The lowest BCUT2D eigenvalue weighted by Gasteiger charge is -2.72. The van der Waals surface area contributed by atoms with Crippen molar-refractivity contribution in [2.75, 3.05) is 26.4 Å². The van der Waals surface area contributed by atoms with Gasteiger partial charge in [-0.2, -0.15) is 0 Å². The maximum absolute atomic E-state index is 14.1. The van der Waals surface area contributed by atoms with Crippen LogP contribution in [0.25, 0.3) is 0 Å². The highest BCUT2D eigenvalue weighted by Crippen LogP contribution is 2.76. The fourth-order valence-corrected chi connectivity index (χ4v) is 19.0. The third kappa shape index (κ3) is 14.0. The van der Waals surface area contributed by atoms with Gasteiger partial charge in [0.05, 0.1) is 62.0 Å². The van der Waals surface area contributed by atoms with E-state index in [1.165, 1.54) is 26.0 Å². The number of aliphatic hydroxyl groups excluding tert-OH is 16. The van der Waals surface area contributed by atoms with E-state index in [1.54, 1.807) is 6.92 Å². The van der Waals surface area contributed by atoms with Crippen LogP contribution >= 0.6 is 0 Å². The number of rotatable bonds is 20. The summed E-state index contributed by atoms with van der Waals surface area (Å²) in [6, 6.07) is 0. The zero-order valence-corrected chi connectivity index (χ0v) is 58.1. The molecule has 5 aliphatic carbocycles. The van der Waals surface area contributed by atoms with Gasteiger partial charge in [-0.05, 0) is 118 Å². The van der Waals surface area contributed by atoms with Gasteiger partial charge in [-0.1, -0.05) is 72.3 Å². The molecular formula is C69H110O30. The van der Waals surface area contributed by atoms with E-state index >= 15 is 0 Å². The lowest BCUT2D eigenvalue weighted by atomic mass is 9.33. The molecule has 566 valence electrons. The predicted molar refractivity (Wildman–Crippen MR) is 339 cm³/mol. The lowest BCUT2D eigenvalue weighted by molar-refractivity contribution is -0.385. The molecule has 30 nitrogen and oxygen atoms in total. The SMILES string of the molecule is C=CC(C)(CC/C=C(\CO)C(=O)O[C@H]1C[C@]2(C(=O)O)[C@H](O)C[C@]3(C)C(=CC[C@@H]4[C@@]5(C)CC[C@H](O[C@@H]6O[C@H](CO[C@@H]7O[C@H](C)[C@H](O)[C@H](O)[C@H]7O[C@@H]7OC[C@@H](O)[C@H](O)[C@H]7O)[C@@H](O)[C@H](O)[C@H]6O[C@@H]6O[C@H](CO)[C@@H](O)[C@H](O)[C@H]6O)C(C)(C)[C@@H]5CC[C@]43C)[C@@H]2CC1(C)C)O[C@@H]1O[C@H](C)[C@@H](O)[C@H](O)[C@H]1O. The van der Waals surface area contributed by atoms with Crippen molar-refractivity contribution in [3.05, 3.63) is 36.0 Å². The molecule has 99 heavy (non-hydrogen) atoms. The number of ether oxygens (including phenoxy) is 11. The van der Waals surface area contributed by atoms with Crippen molar-refractivity contribution < 1.29 is 149 Å². The molecule has 5 heterocycles. The van der Waals surface area contributed by atoms with Crippen LogP contribution in [0.5, 0.6) is 0 Å². The van der Waals surface area contributed by atoms with Crippen LogP contribution < -0.4 is 0 Å². The Morgan fingerprint density at radius 2 is 1.22 bits per heavy atom. The van der Waals surface area contributed by atoms with Crippen molar-refractivity contribution in [2.24, 2.45) is 50.2 Å². The number of allylic oxidation sites excluding steroid dienone is 3. The third-order valence-electron chi connectivity index (χ3n) is 25.6. The number of fused-ring (bicyclic) bond motifs is 7. The number of carboxylic acids is 1. The van der Waals surface area contributed by atoms with Crippen molar-refractivity contribution >= 4 is 11.9 Å². The Bertz CT molecular complexity index is 2900. The summed E-state index contributed by atoms with van der Waals surface area (Å²) in [6.45, 7) is 20.5. The molecule has 9 fully saturated rings. The average molecular weight is 1420 g/mol. The summed E-state index contributed by atoms with van der Waals surface area (Å²) in [5.74, 6) is -2.88. The summed E-state index contributed by atoms with van der Waals surface area (Å²) in [6.07, 6.45) is -33.2. The molecule has 0 aromatic carbocycles. The standard InChI is InChI=1S/C69H110O30/c1-12-65(8,99-59-53(85)47(79)42(74)29(2)91-59)19-13-14-31(25-70)56(86)95-41-24-69(62(87)88)33(22-63(41,4)5)32-15-16-38-66(9)20-18-40(64(6,7)37(66)17-21-67(38,10)68(32,11)23-39(69)73)96-61-55(98-58-52(84)48(80)45(77)35(26-71)93-58)50(82)46(78)36(94-61)28-90-60-54(49(81)43(75)30(3)92-60)97-57-51(83)44(76)34(72)27-89-57/h12,14-15,29-30,33-55,57-61,70-85H,1,13,16-28H2,2-11H3,(H,87,88)/b31-14+/t29-,30-,33+,34-,35-,36-,37+,38-,39-,40+,41+,42-,43+,44+,45-,46-,47+,48+,49+,50+,51-,52-,53-,54-,55-,57+,58+,59+,60-,61+,65?,66+,67-,68-,69-/m1/s1. The van der Waals surface area contributed by atoms with Crippen LogP contribution in [0.4, 0.5) is 0 Å². The first-order valence-corrected chi connectivity index (χ1v) is 34.9. The zero-order chi connectivity index (χ0) is 72.9. The van der Waals surface area contributed by atoms with Gasteiger partial charge in [-0.25, -0.2) is 4.79 Å². The van der Waals surface area contributed by atoms with Crippen LogP contribution in [-0.2, 0) is 61.7 Å². The van der Waals surface area contributed by atoms with Gasteiger partial charge in [-0.3, -0.25) is 4.79 Å². The largest absolute Gasteiger partial charge is 0.481 e. The predicted octanol–water partition coefficient (Wildman–Crippen LogP) is -1.82. The van der Waals surface area contributed by atoms with E-state index < -0.39 is 248 Å². The summed E-state index contributed by atoms with van der Waals surface area (Å²) in [4.78, 5) is 28.2. The molecule has 30 heteroatoms. The van der Waals surface area contributed by atoms with Crippen LogP contribution in [0.1, 0.15) is 133 Å². The van der Waals surface area contributed by atoms with Gasteiger partial charge in [0, 0.05) is 11.8 Å². The van der Waals surface area contributed by atoms with Gasteiger partial charge in [0.2, 0.25) is 0 Å². The van der Waals surface area contributed by atoms with Crippen molar-refractivity contribution in [3.63, 3.8) is 0 Å². The van der Waals surface area contributed by atoms with E-state index in [0.717, 1.165) is 5.57 Å². The minimum Gasteiger partial charge on any atom is -0.481 e. The van der Waals surface area contributed by atoms with E-state index in [2.05, 4.69) is 47.3 Å². The molecule has 0 aromatic rings. The van der Waals surface area contributed by atoms with Crippen LogP contribution in [0.3, 0.4) is 0 Å². The van der Waals surface area contributed by atoms with Crippen LogP contribution in [0.2, 0.25) is 0 Å². The van der Waals surface area contributed by atoms with Crippen molar-refractivity contribution in [1.82, 2.24) is 0 Å². The highest BCUT2D eigenvalue weighted by Gasteiger charge is 2.73. The van der Waals surface area contributed by atoms with Crippen LogP contribution in [-0.4, -0.2) is 297 Å². The highest BCUT2D eigenvalue weighted by atomic mass is 16.8. The number of carbonyl (C=O) groups is 2. The topological polar surface area (TPSA) is 480 Å². The Hall–Kier alpha value is -2.88. The molecule has 0 aromatic heterocycles. The molecule has 17 N–H and O–H groups in total. The zero-order valence-electron chi connectivity index (χ0n) is 58.1. The number of carbonyl (C=O) groups excluding carboxylic acids is 1. The fourth-order valence-electron chi connectivity index (χ4n) is 19.0.